The van der Waals surface area contributed by atoms with E-state index in [0.29, 0.717) is 29.3 Å². The van der Waals surface area contributed by atoms with E-state index in [1.54, 1.807) is 6.92 Å². The van der Waals surface area contributed by atoms with Crippen LogP contribution in [-0.4, -0.2) is 38.6 Å². The number of aliphatic carboxylic acids is 1. The topological polar surface area (TPSA) is 77.8 Å². The van der Waals surface area contributed by atoms with Crippen LogP contribution >= 0.6 is 23.2 Å². The molecule has 1 amide bonds. The molecular weight excluding hydrogens is 497 g/mol. The minimum atomic E-state index is -1.10. The molecule has 5 atom stereocenters. The van der Waals surface area contributed by atoms with Crippen LogP contribution in [0.3, 0.4) is 0 Å². The summed E-state index contributed by atoms with van der Waals surface area (Å²) in [4.78, 5) is 28.1. The number of amides is 1. The van der Waals surface area contributed by atoms with Gasteiger partial charge in [0.2, 0.25) is 5.91 Å². The number of carbonyl (C=O) groups is 2. The maximum absolute atomic E-state index is 14.3. The molecule has 5 nitrogen and oxygen atoms in total. The van der Waals surface area contributed by atoms with Gasteiger partial charge in [-0.2, -0.15) is 0 Å². The largest absolute Gasteiger partial charge is 0.481 e. The predicted molar refractivity (Wildman–Crippen MR) is 142 cm³/mol. The third-order valence-electron chi connectivity index (χ3n) is 8.10. The van der Waals surface area contributed by atoms with Gasteiger partial charge in [-0.15, -0.1) is 0 Å². The standard InChI is InChI=1S/C29H35Cl2NO4/c1-4-23(15-29(3,36)20-10-11-20)32-26(18-8-12-21(30)13-9-18)24(19-6-5-7-22(31)14-19)16-28(2,27(32)35)17-25(33)34/h5-9,12-14,20,23-24,26,36H,4,10-11,15-17H2,1-3H3,(H,33,34)/t23-,24+,26?,28+,29?/m0/s1. The van der Waals surface area contributed by atoms with E-state index in [-0.39, 0.29) is 36.2 Å². The zero-order chi connectivity index (χ0) is 26.3. The van der Waals surface area contributed by atoms with Crippen molar-refractivity contribution in [1.29, 1.82) is 0 Å². The minimum absolute atomic E-state index is 0.179. The molecular formula is C29H35Cl2NO4. The molecule has 1 saturated heterocycles. The molecule has 2 aromatic carbocycles. The highest BCUT2D eigenvalue weighted by Crippen LogP contribution is 2.53. The Kier molecular flexibility index (Phi) is 7.76. The molecule has 194 valence electrons. The number of nitrogens with zero attached hydrogens (tertiary/aromatic N) is 1. The van der Waals surface area contributed by atoms with E-state index in [0.717, 1.165) is 24.0 Å². The number of likely N-dealkylation sites (tertiary alicyclic amines) is 1. The lowest BCUT2D eigenvalue weighted by Gasteiger charge is -2.52. The van der Waals surface area contributed by atoms with Crippen LogP contribution < -0.4 is 0 Å². The van der Waals surface area contributed by atoms with E-state index < -0.39 is 17.0 Å². The molecule has 0 aromatic heterocycles. The highest BCUT2D eigenvalue weighted by molar-refractivity contribution is 6.30. The number of benzene rings is 2. The van der Waals surface area contributed by atoms with Crippen LogP contribution in [0.2, 0.25) is 10.0 Å². The molecule has 0 radical (unpaired) electrons. The fraction of sp³-hybridized carbons (Fsp3) is 0.517. The third kappa shape index (κ3) is 5.58. The van der Waals surface area contributed by atoms with Gasteiger partial charge in [0.05, 0.1) is 23.5 Å². The van der Waals surface area contributed by atoms with E-state index in [2.05, 4.69) is 0 Å². The summed E-state index contributed by atoms with van der Waals surface area (Å²) in [5.74, 6) is -1.14. The Morgan fingerprint density at radius 3 is 2.36 bits per heavy atom. The molecule has 7 heteroatoms. The van der Waals surface area contributed by atoms with Crippen molar-refractivity contribution in [1.82, 2.24) is 4.90 Å². The molecule has 2 unspecified atom stereocenters. The molecule has 0 spiro atoms. The Bertz CT molecular complexity index is 1110. The first-order valence-electron chi connectivity index (χ1n) is 12.7. The van der Waals surface area contributed by atoms with Gasteiger partial charge >= 0.3 is 5.97 Å². The number of carbonyl (C=O) groups excluding carboxylic acids is 1. The summed E-state index contributed by atoms with van der Waals surface area (Å²) in [5, 5.41) is 22.3. The lowest BCUT2D eigenvalue weighted by Crippen LogP contribution is -2.57. The second kappa shape index (κ2) is 10.4. The van der Waals surface area contributed by atoms with Gasteiger partial charge in [-0.05, 0) is 80.3 Å². The van der Waals surface area contributed by atoms with Crippen LogP contribution in [-0.2, 0) is 9.59 Å². The zero-order valence-corrected chi connectivity index (χ0v) is 22.6. The fourth-order valence-corrected chi connectivity index (χ4v) is 6.39. The zero-order valence-electron chi connectivity index (χ0n) is 21.1. The van der Waals surface area contributed by atoms with Gasteiger partial charge in [-0.1, -0.05) is 61.3 Å². The molecule has 1 aliphatic carbocycles. The molecule has 36 heavy (non-hydrogen) atoms. The highest BCUT2D eigenvalue weighted by atomic mass is 35.5. The Balaban J connectivity index is 1.88. The lowest BCUT2D eigenvalue weighted by atomic mass is 9.66. The molecule has 0 bridgehead atoms. The number of hydrogen-bond acceptors (Lipinski definition) is 3. The summed E-state index contributed by atoms with van der Waals surface area (Å²) >= 11 is 12.6. The van der Waals surface area contributed by atoms with Crippen molar-refractivity contribution in [3.05, 3.63) is 69.7 Å². The van der Waals surface area contributed by atoms with Crippen LogP contribution in [0.1, 0.15) is 82.4 Å². The van der Waals surface area contributed by atoms with Crippen LogP contribution in [0.4, 0.5) is 0 Å². The quantitative estimate of drug-likeness (QED) is 0.370. The number of hydrogen-bond donors (Lipinski definition) is 2. The number of carboxylic acids is 1. The van der Waals surface area contributed by atoms with Crippen LogP contribution in [0.5, 0.6) is 0 Å². The predicted octanol–water partition coefficient (Wildman–Crippen LogP) is 6.86. The molecule has 2 fully saturated rings. The molecule has 2 aromatic rings. The number of carboxylic acid groups (broad SMARTS) is 1. The van der Waals surface area contributed by atoms with Gasteiger partial charge in [0.15, 0.2) is 0 Å². The molecule has 2 N–H and O–H groups in total. The normalized spacial score (nSPS) is 26.9. The van der Waals surface area contributed by atoms with Gasteiger partial charge in [0.25, 0.3) is 0 Å². The van der Waals surface area contributed by atoms with Crippen LogP contribution in [0, 0.1) is 11.3 Å². The summed E-state index contributed by atoms with van der Waals surface area (Å²) in [6.07, 6.45) is 3.17. The molecule has 1 aliphatic heterocycles. The van der Waals surface area contributed by atoms with Crippen molar-refractivity contribution in [3.8, 4) is 0 Å². The fourth-order valence-electron chi connectivity index (χ4n) is 6.07. The Labute approximate surface area is 223 Å². The van der Waals surface area contributed by atoms with Gasteiger partial charge in [-0.3, -0.25) is 9.59 Å². The number of piperidine rings is 1. The van der Waals surface area contributed by atoms with Crippen molar-refractivity contribution >= 4 is 35.1 Å². The summed E-state index contributed by atoms with van der Waals surface area (Å²) in [5.41, 5.74) is -0.0989. The smallest absolute Gasteiger partial charge is 0.304 e. The SMILES string of the molecule is CC[C@@H](CC(C)(O)C1CC1)N1C(=O)[C@@](C)(CC(=O)O)C[C@H](c2cccc(Cl)c2)C1c1ccc(Cl)cc1. The van der Waals surface area contributed by atoms with Gasteiger partial charge in [0.1, 0.15) is 0 Å². The minimum Gasteiger partial charge on any atom is -0.481 e. The van der Waals surface area contributed by atoms with Crippen molar-refractivity contribution in [2.75, 3.05) is 0 Å². The van der Waals surface area contributed by atoms with E-state index in [1.807, 2.05) is 67.3 Å². The maximum atomic E-state index is 14.3. The highest BCUT2D eigenvalue weighted by Gasteiger charge is 2.53. The van der Waals surface area contributed by atoms with Gasteiger partial charge in [-0.25, -0.2) is 0 Å². The van der Waals surface area contributed by atoms with Crippen molar-refractivity contribution < 1.29 is 19.8 Å². The molecule has 1 saturated carbocycles. The summed E-state index contributed by atoms with van der Waals surface area (Å²) < 4.78 is 0. The van der Waals surface area contributed by atoms with E-state index in [1.165, 1.54) is 0 Å². The average Bonchev–Trinajstić information content (AvgIpc) is 3.66. The first-order chi connectivity index (χ1) is 16.9. The van der Waals surface area contributed by atoms with Crippen LogP contribution in [0.15, 0.2) is 48.5 Å². The third-order valence-corrected chi connectivity index (χ3v) is 8.59. The summed E-state index contributed by atoms with van der Waals surface area (Å²) in [6.45, 7) is 5.65. The molecule has 2 aliphatic rings. The van der Waals surface area contributed by atoms with Gasteiger partial charge in [0, 0.05) is 22.0 Å². The van der Waals surface area contributed by atoms with Gasteiger partial charge < -0.3 is 15.1 Å². The number of halogens is 2. The van der Waals surface area contributed by atoms with Crippen molar-refractivity contribution in [3.63, 3.8) is 0 Å². The monoisotopic (exact) mass is 531 g/mol. The Hall–Kier alpha value is -2.08. The molecule has 1 heterocycles. The van der Waals surface area contributed by atoms with Crippen molar-refractivity contribution in [2.24, 2.45) is 11.3 Å². The second-order valence-corrected chi connectivity index (χ2v) is 12.0. The average molecular weight is 533 g/mol. The number of rotatable bonds is 9. The van der Waals surface area contributed by atoms with Crippen molar-refractivity contribution in [2.45, 2.75) is 82.9 Å². The first kappa shape index (κ1) is 27.0. The summed E-state index contributed by atoms with van der Waals surface area (Å²) in [7, 11) is 0. The maximum Gasteiger partial charge on any atom is 0.304 e. The summed E-state index contributed by atoms with van der Waals surface area (Å²) in [6, 6.07) is 14.5. The Morgan fingerprint density at radius 2 is 1.81 bits per heavy atom. The molecule has 4 rings (SSSR count). The van der Waals surface area contributed by atoms with E-state index >= 15 is 0 Å². The first-order valence-corrected chi connectivity index (χ1v) is 13.5. The lowest BCUT2D eigenvalue weighted by molar-refractivity contribution is -0.162. The Morgan fingerprint density at radius 1 is 1.14 bits per heavy atom. The van der Waals surface area contributed by atoms with Crippen LogP contribution in [0.25, 0.3) is 0 Å². The second-order valence-electron chi connectivity index (χ2n) is 11.1. The van der Waals surface area contributed by atoms with E-state index in [4.69, 9.17) is 23.2 Å². The van der Waals surface area contributed by atoms with E-state index in [9.17, 15) is 19.8 Å². The number of aliphatic hydroxyl groups is 1.